The van der Waals surface area contributed by atoms with Crippen LogP contribution < -0.4 is 0 Å². The first kappa shape index (κ1) is 9.79. The average Bonchev–Trinajstić information content (AvgIpc) is 2.17. The summed E-state index contributed by atoms with van der Waals surface area (Å²) in [7, 11) is 0. The molecule has 0 N–H and O–H groups in total. The van der Waals surface area contributed by atoms with E-state index in [-0.39, 0.29) is 0 Å². The van der Waals surface area contributed by atoms with Gasteiger partial charge in [-0.05, 0) is 35.6 Å². The largest absolute Gasteiger partial charge is 0.0984 e. The molecular weight excluding hydrogens is 156 g/mol. The zero-order chi connectivity index (χ0) is 9.84. The van der Waals surface area contributed by atoms with Crippen LogP contribution in [0.5, 0.6) is 0 Å². The summed E-state index contributed by atoms with van der Waals surface area (Å²) in [5.74, 6) is 0. The Morgan fingerprint density at radius 3 is 2.15 bits per heavy atom. The van der Waals surface area contributed by atoms with Gasteiger partial charge in [-0.25, -0.2) is 0 Å². The summed E-state index contributed by atoms with van der Waals surface area (Å²) >= 11 is 0. The molecule has 0 radical (unpaired) electrons. The minimum Gasteiger partial charge on any atom is -0.0984 e. The van der Waals surface area contributed by atoms with E-state index in [1.807, 2.05) is 12.2 Å². The highest BCUT2D eigenvalue weighted by molar-refractivity contribution is 5.65. The number of hydrogen-bond donors (Lipinski definition) is 0. The first-order chi connectivity index (χ1) is 6.22. The first-order valence-corrected chi connectivity index (χ1v) is 4.61. The van der Waals surface area contributed by atoms with Crippen LogP contribution >= 0.6 is 0 Å². The third kappa shape index (κ3) is 1.89. The molecule has 0 spiro atoms. The molecule has 0 aliphatic heterocycles. The van der Waals surface area contributed by atoms with Crippen molar-refractivity contribution in [1.29, 1.82) is 0 Å². The Morgan fingerprint density at radius 2 is 1.69 bits per heavy atom. The van der Waals surface area contributed by atoms with Crippen LogP contribution in [0.25, 0.3) is 12.2 Å². The smallest absolute Gasteiger partial charge is 0.0187 e. The Hall–Kier alpha value is -1.30. The average molecular weight is 172 g/mol. The van der Waals surface area contributed by atoms with Crippen molar-refractivity contribution < 1.29 is 0 Å². The van der Waals surface area contributed by atoms with Gasteiger partial charge in [0, 0.05) is 0 Å². The van der Waals surface area contributed by atoms with Crippen LogP contribution in [0.2, 0.25) is 0 Å². The van der Waals surface area contributed by atoms with Gasteiger partial charge in [-0.15, -0.1) is 0 Å². The third-order valence-electron chi connectivity index (χ3n) is 2.36. The van der Waals surface area contributed by atoms with Crippen LogP contribution in [0.3, 0.4) is 0 Å². The molecule has 1 aromatic carbocycles. The Balaban J connectivity index is 3.34. The quantitative estimate of drug-likeness (QED) is 0.649. The van der Waals surface area contributed by atoms with Crippen LogP contribution in [0.15, 0.2) is 25.3 Å². The van der Waals surface area contributed by atoms with Crippen molar-refractivity contribution in [2.45, 2.75) is 20.3 Å². The van der Waals surface area contributed by atoms with E-state index in [2.05, 4.69) is 39.1 Å². The van der Waals surface area contributed by atoms with Gasteiger partial charge in [-0.3, -0.25) is 0 Å². The summed E-state index contributed by atoms with van der Waals surface area (Å²) in [6.45, 7) is 11.9. The molecule has 1 aromatic rings. The van der Waals surface area contributed by atoms with Gasteiger partial charge in [-0.2, -0.15) is 0 Å². The lowest BCUT2D eigenvalue weighted by molar-refractivity contribution is 1.11. The van der Waals surface area contributed by atoms with Gasteiger partial charge in [0.15, 0.2) is 0 Å². The lowest BCUT2D eigenvalue weighted by Gasteiger charge is -2.08. The van der Waals surface area contributed by atoms with E-state index >= 15 is 0 Å². The summed E-state index contributed by atoms with van der Waals surface area (Å²) in [6, 6.07) is 4.36. The molecule has 0 saturated heterocycles. The molecule has 0 nitrogen and oxygen atoms in total. The maximum Gasteiger partial charge on any atom is -0.0187 e. The maximum absolute atomic E-state index is 3.80. The van der Waals surface area contributed by atoms with Crippen LogP contribution in [0.1, 0.15) is 29.2 Å². The SMILES string of the molecule is C=Cc1cc(C)c(CC)cc1C=C. The van der Waals surface area contributed by atoms with Crippen molar-refractivity contribution in [3.63, 3.8) is 0 Å². The van der Waals surface area contributed by atoms with Gasteiger partial charge in [0.1, 0.15) is 0 Å². The predicted molar refractivity (Wildman–Crippen MR) is 60.7 cm³/mol. The molecule has 0 fully saturated rings. The molecule has 0 aliphatic rings. The topological polar surface area (TPSA) is 0 Å². The normalized spacial score (nSPS) is 9.69. The molecule has 0 heterocycles. The predicted octanol–water partition coefficient (Wildman–Crippen LogP) is 3.84. The summed E-state index contributed by atoms with van der Waals surface area (Å²) in [5.41, 5.74) is 5.07. The van der Waals surface area contributed by atoms with Gasteiger partial charge in [0.2, 0.25) is 0 Å². The van der Waals surface area contributed by atoms with Gasteiger partial charge in [0.05, 0.1) is 0 Å². The van der Waals surface area contributed by atoms with Crippen LogP contribution in [0.4, 0.5) is 0 Å². The minimum atomic E-state index is 1.07. The molecule has 0 aromatic heterocycles. The molecule has 1 rings (SSSR count). The Kier molecular flexibility index (Phi) is 3.07. The first-order valence-electron chi connectivity index (χ1n) is 4.61. The fraction of sp³-hybridized carbons (Fsp3) is 0.231. The van der Waals surface area contributed by atoms with E-state index in [9.17, 15) is 0 Å². The second-order valence-electron chi connectivity index (χ2n) is 3.17. The van der Waals surface area contributed by atoms with Crippen molar-refractivity contribution in [2.75, 3.05) is 0 Å². The molecule has 0 saturated carbocycles. The molecule has 68 valence electrons. The van der Waals surface area contributed by atoms with E-state index in [1.165, 1.54) is 22.3 Å². The lowest BCUT2D eigenvalue weighted by atomic mass is 9.98. The van der Waals surface area contributed by atoms with Crippen LogP contribution in [-0.4, -0.2) is 0 Å². The molecule has 0 heteroatoms. The second-order valence-corrected chi connectivity index (χ2v) is 3.17. The van der Waals surface area contributed by atoms with Crippen molar-refractivity contribution in [3.8, 4) is 0 Å². The summed E-state index contributed by atoms with van der Waals surface area (Å²) < 4.78 is 0. The fourth-order valence-corrected chi connectivity index (χ4v) is 1.53. The number of aryl methyl sites for hydroxylation is 2. The van der Waals surface area contributed by atoms with Crippen molar-refractivity contribution in [1.82, 2.24) is 0 Å². The molecule has 0 atom stereocenters. The Labute approximate surface area is 80.6 Å². The van der Waals surface area contributed by atoms with E-state index in [0.717, 1.165) is 6.42 Å². The molecule has 0 unspecified atom stereocenters. The summed E-state index contributed by atoms with van der Waals surface area (Å²) in [6.07, 6.45) is 4.84. The molecule has 0 bridgehead atoms. The van der Waals surface area contributed by atoms with Gasteiger partial charge >= 0.3 is 0 Å². The lowest BCUT2D eigenvalue weighted by Crippen LogP contribution is -1.90. The van der Waals surface area contributed by atoms with E-state index in [4.69, 9.17) is 0 Å². The van der Waals surface area contributed by atoms with Crippen molar-refractivity contribution in [2.24, 2.45) is 0 Å². The van der Waals surface area contributed by atoms with Gasteiger partial charge in [-0.1, -0.05) is 44.4 Å². The zero-order valence-electron chi connectivity index (χ0n) is 8.43. The Bertz CT molecular complexity index is 332. The summed E-state index contributed by atoms with van der Waals surface area (Å²) in [4.78, 5) is 0. The summed E-state index contributed by atoms with van der Waals surface area (Å²) in [5, 5.41) is 0. The molecular formula is C13H16. The monoisotopic (exact) mass is 172 g/mol. The standard InChI is InChI=1S/C13H16/c1-5-11-9-13(7-3)12(6-2)8-10(11)4/h6-9H,2-3,5H2,1,4H3. The Morgan fingerprint density at radius 1 is 1.15 bits per heavy atom. The molecule has 0 amide bonds. The van der Waals surface area contributed by atoms with Crippen LogP contribution in [0, 0.1) is 6.92 Å². The van der Waals surface area contributed by atoms with E-state index in [1.54, 1.807) is 0 Å². The number of rotatable bonds is 3. The second kappa shape index (κ2) is 4.08. The third-order valence-corrected chi connectivity index (χ3v) is 2.36. The zero-order valence-corrected chi connectivity index (χ0v) is 8.43. The number of hydrogen-bond acceptors (Lipinski definition) is 0. The molecule has 13 heavy (non-hydrogen) atoms. The highest BCUT2D eigenvalue weighted by Gasteiger charge is 2.00. The van der Waals surface area contributed by atoms with Gasteiger partial charge in [0.25, 0.3) is 0 Å². The minimum absolute atomic E-state index is 1.07. The van der Waals surface area contributed by atoms with Crippen LogP contribution in [-0.2, 0) is 6.42 Å². The van der Waals surface area contributed by atoms with E-state index in [0.29, 0.717) is 0 Å². The fourth-order valence-electron chi connectivity index (χ4n) is 1.53. The van der Waals surface area contributed by atoms with E-state index < -0.39 is 0 Å². The highest BCUT2D eigenvalue weighted by Crippen LogP contribution is 2.19. The highest BCUT2D eigenvalue weighted by atomic mass is 14.1. The van der Waals surface area contributed by atoms with Crippen molar-refractivity contribution in [3.05, 3.63) is 47.5 Å². The van der Waals surface area contributed by atoms with Crippen molar-refractivity contribution >= 4 is 12.2 Å². The van der Waals surface area contributed by atoms with Gasteiger partial charge < -0.3 is 0 Å². The maximum atomic E-state index is 3.80. The molecule has 0 aliphatic carbocycles. The number of benzene rings is 1.